The lowest BCUT2D eigenvalue weighted by Crippen LogP contribution is -2.25. The molecule has 0 radical (unpaired) electrons. The summed E-state index contributed by atoms with van der Waals surface area (Å²) in [7, 11) is 0. The fraction of sp³-hybridized carbons (Fsp3) is 0.143. The van der Waals surface area contributed by atoms with Crippen molar-refractivity contribution >= 4 is 40.6 Å². The Kier molecular flexibility index (Phi) is 9.14. The van der Waals surface area contributed by atoms with Crippen molar-refractivity contribution < 1.29 is 9.59 Å². The Morgan fingerprint density at radius 1 is 0.947 bits per heavy atom. The summed E-state index contributed by atoms with van der Waals surface area (Å²) < 4.78 is 1.83. The number of amides is 2. The molecule has 0 atom stereocenters. The summed E-state index contributed by atoms with van der Waals surface area (Å²) in [5.41, 5.74) is 3.61. The molecular formula is C28H27N7O2S. The van der Waals surface area contributed by atoms with Crippen molar-refractivity contribution in [2.24, 2.45) is 10.2 Å². The first-order valence-corrected chi connectivity index (χ1v) is 12.9. The van der Waals surface area contributed by atoms with Crippen LogP contribution in [0.1, 0.15) is 21.7 Å². The van der Waals surface area contributed by atoms with E-state index >= 15 is 0 Å². The highest BCUT2D eigenvalue weighted by atomic mass is 32.2. The number of carbonyl (C=O) groups is 2. The van der Waals surface area contributed by atoms with Crippen LogP contribution < -0.4 is 10.6 Å². The minimum atomic E-state index is -0.184. The van der Waals surface area contributed by atoms with Crippen LogP contribution in [0.5, 0.6) is 0 Å². The average Bonchev–Trinajstić information content (AvgIpc) is 3.32. The first-order valence-electron chi connectivity index (χ1n) is 11.9. The van der Waals surface area contributed by atoms with Gasteiger partial charge in [0, 0.05) is 17.8 Å². The second kappa shape index (κ2) is 13.1. The monoisotopic (exact) mass is 525 g/mol. The van der Waals surface area contributed by atoms with E-state index in [1.165, 1.54) is 11.8 Å². The molecule has 1 heterocycles. The molecular weight excluding hydrogens is 498 g/mol. The van der Waals surface area contributed by atoms with Gasteiger partial charge in [-0.15, -0.1) is 16.8 Å². The lowest BCUT2D eigenvalue weighted by molar-refractivity contribution is -0.113. The van der Waals surface area contributed by atoms with Crippen LogP contribution >= 0.6 is 11.8 Å². The van der Waals surface area contributed by atoms with Gasteiger partial charge >= 0.3 is 0 Å². The van der Waals surface area contributed by atoms with Crippen LogP contribution in [0.4, 0.5) is 17.1 Å². The molecule has 0 saturated carbocycles. The van der Waals surface area contributed by atoms with Gasteiger partial charge in [0.2, 0.25) is 5.91 Å². The highest BCUT2D eigenvalue weighted by Gasteiger charge is 2.15. The number of aromatic nitrogens is 3. The predicted molar refractivity (Wildman–Crippen MR) is 149 cm³/mol. The summed E-state index contributed by atoms with van der Waals surface area (Å²) in [6.07, 6.45) is 1.72. The van der Waals surface area contributed by atoms with Crippen molar-refractivity contribution in [2.45, 2.75) is 25.2 Å². The van der Waals surface area contributed by atoms with E-state index in [1.54, 1.807) is 36.4 Å². The van der Waals surface area contributed by atoms with Crippen molar-refractivity contribution in [2.75, 3.05) is 11.1 Å². The Morgan fingerprint density at radius 2 is 1.63 bits per heavy atom. The molecule has 9 nitrogen and oxygen atoms in total. The molecule has 0 fully saturated rings. The van der Waals surface area contributed by atoms with Crippen LogP contribution in [0.15, 0.2) is 107 Å². The lowest BCUT2D eigenvalue weighted by atomic mass is 10.1. The van der Waals surface area contributed by atoms with Crippen LogP contribution in [-0.4, -0.2) is 32.3 Å². The van der Waals surface area contributed by atoms with Gasteiger partial charge in [-0.3, -0.25) is 9.59 Å². The molecule has 4 aromatic rings. The maximum atomic E-state index is 12.6. The first kappa shape index (κ1) is 26.5. The summed E-state index contributed by atoms with van der Waals surface area (Å²) in [4.78, 5) is 25.1. The number of hydrogen-bond acceptors (Lipinski definition) is 7. The Labute approximate surface area is 225 Å². The van der Waals surface area contributed by atoms with Gasteiger partial charge in [-0.25, -0.2) is 0 Å². The third-order valence-corrected chi connectivity index (χ3v) is 6.39. The number of carbonyl (C=O) groups excluding carboxylic acids is 2. The van der Waals surface area contributed by atoms with Crippen LogP contribution in [0.2, 0.25) is 0 Å². The number of rotatable bonds is 11. The molecule has 0 unspecified atom stereocenters. The summed E-state index contributed by atoms with van der Waals surface area (Å²) in [6, 6.07) is 24.0. The summed E-state index contributed by atoms with van der Waals surface area (Å²) in [6.45, 7) is 6.34. The van der Waals surface area contributed by atoms with Gasteiger partial charge in [-0.05, 0) is 55.0 Å². The van der Waals surface area contributed by atoms with Crippen molar-refractivity contribution in [3.8, 4) is 0 Å². The summed E-state index contributed by atoms with van der Waals surface area (Å²) in [5.74, 6) is 0.351. The van der Waals surface area contributed by atoms with Gasteiger partial charge in [0.05, 0.1) is 23.7 Å². The standard InChI is InChI=1S/C28H27N7O2S/c1-3-17-35-25(18-29-27(37)24-12-8-7-9-20(24)2)33-34-28(35)38-19-26(36)30-21-13-15-23(16-14-21)32-31-22-10-5-4-6-11-22/h3-16H,1,17-19H2,2H3,(H,29,37)(H,30,36). The van der Waals surface area contributed by atoms with E-state index in [9.17, 15) is 9.59 Å². The van der Waals surface area contributed by atoms with Crippen LogP contribution in [0.25, 0.3) is 0 Å². The SMILES string of the molecule is C=CCn1c(CNC(=O)c2ccccc2C)nnc1SCC(=O)Nc1ccc(N=Nc2ccccc2)cc1. The molecule has 0 saturated heterocycles. The maximum Gasteiger partial charge on any atom is 0.251 e. The number of benzene rings is 3. The van der Waals surface area contributed by atoms with Gasteiger partial charge in [0.1, 0.15) is 0 Å². The van der Waals surface area contributed by atoms with Crippen LogP contribution in [0.3, 0.4) is 0 Å². The highest BCUT2D eigenvalue weighted by Crippen LogP contribution is 2.21. The first-order chi connectivity index (χ1) is 18.5. The molecule has 2 amide bonds. The Balaban J connectivity index is 1.31. The molecule has 0 spiro atoms. The zero-order valence-corrected chi connectivity index (χ0v) is 21.7. The van der Waals surface area contributed by atoms with E-state index in [0.717, 1.165) is 11.3 Å². The molecule has 10 heteroatoms. The van der Waals surface area contributed by atoms with Crippen molar-refractivity contribution in [3.05, 3.63) is 108 Å². The minimum absolute atomic E-state index is 0.139. The molecule has 0 aliphatic heterocycles. The third-order valence-electron chi connectivity index (χ3n) is 5.42. The third kappa shape index (κ3) is 7.23. The highest BCUT2D eigenvalue weighted by molar-refractivity contribution is 7.99. The largest absolute Gasteiger partial charge is 0.345 e. The zero-order valence-electron chi connectivity index (χ0n) is 20.9. The van der Waals surface area contributed by atoms with Gasteiger partial charge in [0.25, 0.3) is 5.91 Å². The van der Waals surface area contributed by atoms with E-state index in [2.05, 4.69) is 37.6 Å². The van der Waals surface area contributed by atoms with Gasteiger partial charge in [0.15, 0.2) is 11.0 Å². The second-order valence-corrected chi connectivity index (χ2v) is 9.16. The maximum absolute atomic E-state index is 12.6. The molecule has 192 valence electrons. The lowest BCUT2D eigenvalue weighted by Gasteiger charge is -2.10. The van der Waals surface area contributed by atoms with Crippen LogP contribution in [0, 0.1) is 6.92 Å². The Hall–Kier alpha value is -4.57. The van der Waals surface area contributed by atoms with Gasteiger partial charge in [-0.1, -0.05) is 54.2 Å². The molecule has 0 aliphatic rings. The van der Waals surface area contributed by atoms with Gasteiger partial charge < -0.3 is 15.2 Å². The van der Waals surface area contributed by atoms with E-state index in [0.29, 0.717) is 34.5 Å². The molecule has 0 aliphatic carbocycles. The Bertz CT molecular complexity index is 1430. The van der Waals surface area contributed by atoms with E-state index < -0.39 is 0 Å². The quantitative estimate of drug-likeness (QED) is 0.145. The molecule has 3 aromatic carbocycles. The number of anilines is 1. The molecule has 4 rings (SSSR count). The molecule has 2 N–H and O–H groups in total. The fourth-order valence-electron chi connectivity index (χ4n) is 3.50. The van der Waals surface area contributed by atoms with Crippen LogP contribution in [-0.2, 0) is 17.9 Å². The number of hydrogen-bond donors (Lipinski definition) is 2. The van der Waals surface area contributed by atoms with Gasteiger partial charge in [-0.2, -0.15) is 10.2 Å². The van der Waals surface area contributed by atoms with Crippen molar-refractivity contribution in [1.29, 1.82) is 0 Å². The summed E-state index contributed by atoms with van der Waals surface area (Å²) >= 11 is 1.26. The topological polar surface area (TPSA) is 114 Å². The smallest absolute Gasteiger partial charge is 0.251 e. The Morgan fingerprint density at radius 3 is 2.34 bits per heavy atom. The number of azo groups is 1. The predicted octanol–water partition coefficient (Wildman–Crippen LogP) is 5.85. The number of thioether (sulfide) groups is 1. The fourth-order valence-corrected chi connectivity index (χ4v) is 4.27. The minimum Gasteiger partial charge on any atom is -0.345 e. The van der Waals surface area contributed by atoms with E-state index in [-0.39, 0.29) is 24.1 Å². The number of aryl methyl sites for hydroxylation is 1. The number of nitrogens with zero attached hydrogens (tertiary/aromatic N) is 5. The average molecular weight is 526 g/mol. The van der Waals surface area contributed by atoms with E-state index in [4.69, 9.17) is 0 Å². The van der Waals surface area contributed by atoms with Crippen molar-refractivity contribution in [1.82, 2.24) is 20.1 Å². The molecule has 38 heavy (non-hydrogen) atoms. The molecule has 1 aromatic heterocycles. The number of nitrogens with one attached hydrogen (secondary N) is 2. The van der Waals surface area contributed by atoms with Crippen molar-refractivity contribution in [3.63, 3.8) is 0 Å². The zero-order chi connectivity index (χ0) is 26.7. The number of allylic oxidation sites excluding steroid dienone is 1. The summed E-state index contributed by atoms with van der Waals surface area (Å²) in [5, 5.41) is 23.1. The van der Waals surface area contributed by atoms with E-state index in [1.807, 2.05) is 60.0 Å². The normalized spacial score (nSPS) is 10.9. The second-order valence-electron chi connectivity index (χ2n) is 8.21. The molecule has 0 bridgehead atoms.